The average molecular weight is 499 g/mol. The minimum Gasteiger partial charge on any atom is -0.426 e. The summed E-state index contributed by atoms with van der Waals surface area (Å²) in [5.74, 6) is -0.406. The fourth-order valence-electron chi connectivity index (χ4n) is 4.51. The number of ether oxygens (including phenoxy) is 2. The molecule has 3 aliphatic heterocycles. The minimum absolute atomic E-state index is 0.141. The molecule has 1 aromatic rings. The molecule has 3 saturated heterocycles. The Morgan fingerprint density at radius 1 is 1.00 bits per heavy atom. The number of fused-ring (bicyclic) bond motifs is 2. The molecule has 190 valence electrons. The van der Waals surface area contributed by atoms with Crippen molar-refractivity contribution in [3.8, 4) is 0 Å². The molecule has 2 unspecified atom stereocenters. The van der Waals surface area contributed by atoms with Gasteiger partial charge in [0.15, 0.2) is 0 Å². The van der Waals surface area contributed by atoms with Gasteiger partial charge in [-0.15, -0.1) is 0 Å². The maximum atomic E-state index is 14.8. The summed E-state index contributed by atoms with van der Waals surface area (Å²) in [6.07, 6.45) is -15.1. The zero-order chi connectivity index (χ0) is 24.7. The second-order valence-corrected chi connectivity index (χ2v) is 8.75. The van der Waals surface area contributed by atoms with Gasteiger partial charge in [-0.2, -0.15) is 26.3 Å². The Hall–Kier alpha value is -2.28. The van der Waals surface area contributed by atoms with Crippen LogP contribution in [0.5, 0.6) is 0 Å². The van der Waals surface area contributed by atoms with Crippen LogP contribution in [0.1, 0.15) is 18.4 Å². The molecule has 1 aromatic carbocycles. The average Bonchev–Trinajstić information content (AvgIpc) is 3.09. The van der Waals surface area contributed by atoms with Gasteiger partial charge < -0.3 is 19.3 Å². The molecule has 2 atom stereocenters. The third-order valence-electron chi connectivity index (χ3n) is 6.28. The van der Waals surface area contributed by atoms with E-state index in [9.17, 15) is 35.5 Å². The van der Waals surface area contributed by atoms with E-state index in [1.807, 2.05) is 6.07 Å². The molecule has 1 amide bonds. The predicted molar refractivity (Wildman–Crippen MR) is 106 cm³/mol. The molecule has 6 nitrogen and oxygen atoms in total. The van der Waals surface area contributed by atoms with Gasteiger partial charge in [0, 0.05) is 57.1 Å². The van der Waals surface area contributed by atoms with E-state index in [0.717, 1.165) is 23.4 Å². The van der Waals surface area contributed by atoms with Crippen LogP contribution in [-0.2, 0) is 16.0 Å². The molecule has 34 heavy (non-hydrogen) atoms. The SMILES string of the molecule is O=C(OC(C(F)(F)F)C(F)(F)F)N1CCN(Cc2ccc(N3CC4CCC(C3)O4)cc2F)CC1. The molecule has 13 heteroatoms. The van der Waals surface area contributed by atoms with Gasteiger partial charge in [0.1, 0.15) is 5.82 Å². The highest BCUT2D eigenvalue weighted by Gasteiger charge is 2.60. The topological polar surface area (TPSA) is 45.2 Å². The highest BCUT2D eigenvalue weighted by Crippen LogP contribution is 2.36. The fourth-order valence-corrected chi connectivity index (χ4v) is 4.51. The van der Waals surface area contributed by atoms with Gasteiger partial charge in [0.2, 0.25) is 0 Å². The molecule has 2 bridgehead atoms. The number of halogens is 7. The number of morpholine rings is 1. The van der Waals surface area contributed by atoms with Gasteiger partial charge in [0.05, 0.1) is 12.2 Å². The van der Waals surface area contributed by atoms with Crippen LogP contribution in [-0.4, -0.2) is 85.8 Å². The Bertz CT molecular complexity index is 861. The van der Waals surface area contributed by atoms with Gasteiger partial charge in [-0.25, -0.2) is 9.18 Å². The predicted octanol–water partition coefficient (Wildman–Crippen LogP) is 3.94. The second kappa shape index (κ2) is 9.40. The van der Waals surface area contributed by atoms with Crippen molar-refractivity contribution >= 4 is 11.8 Å². The molecule has 3 fully saturated rings. The molecule has 0 spiro atoms. The molecule has 3 aliphatic rings. The fraction of sp³-hybridized carbons (Fsp3) is 0.667. The number of hydrogen-bond donors (Lipinski definition) is 0. The van der Waals surface area contributed by atoms with Crippen molar-refractivity contribution in [2.45, 2.75) is 50.1 Å². The van der Waals surface area contributed by atoms with E-state index in [4.69, 9.17) is 4.74 Å². The van der Waals surface area contributed by atoms with Crippen LogP contribution in [0.4, 0.5) is 41.2 Å². The summed E-state index contributed by atoms with van der Waals surface area (Å²) in [6.45, 7) is 1.61. The third kappa shape index (κ3) is 5.68. The lowest BCUT2D eigenvalue weighted by Crippen LogP contribution is -2.52. The first-order chi connectivity index (χ1) is 15.9. The Labute approximate surface area is 191 Å². The molecule has 0 aromatic heterocycles. The Morgan fingerprint density at radius 2 is 1.59 bits per heavy atom. The summed E-state index contributed by atoms with van der Waals surface area (Å²) < 4.78 is 99.9. The summed E-state index contributed by atoms with van der Waals surface area (Å²) in [7, 11) is 0. The maximum Gasteiger partial charge on any atom is 0.434 e. The molecule has 3 heterocycles. The molecule has 0 radical (unpaired) electrons. The normalized spacial score (nSPS) is 24.1. The van der Waals surface area contributed by atoms with Crippen molar-refractivity contribution in [2.24, 2.45) is 0 Å². The number of carbonyl (C=O) groups excluding carboxylic acids is 1. The lowest BCUT2D eigenvalue weighted by atomic mass is 10.1. The van der Waals surface area contributed by atoms with Crippen molar-refractivity contribution in [2.75, 3.05) is 44.2 Å². The lowest BCUT2D eigenvalue weighted by Gasteiger charge is -2.35. The van der Waals surface area contributed by atoms with Crippen LogP contribution in [0.15, 0.2) is 18.2 Å². The van der Waals surface area contributed by atoms with Crippen LogP contribution in [0, 0.1) is 5.82 Å². The molecule has 0 aliphatic carbocycles. The summed E-state index contributed by atoms with van der Waals surface area (Å²) >= 11 is 0. The van der Waals surface area contributed by atoms with Gasteiger partial charge in [-0.1, -0.05) is 6.07 Å². The van der Waals surface area contributed by atoms with Crippen LogP contribution in [0.2, 0.25) is 0 Å². The number of alkyl halides is 6. The third-order valence-corrected chi connectivity index (χ3v) is 6.28. The summed E-state index contributed by atoms with van der Waals surface area (Å²) in [5.41, 5.74) is 1.17. The van der Waals surface area contributed by atoms with E-state index in [1.165, 1.54) is 6.07 Å². The van der Waals surface area contributed by atoms with E-state index >= 15 is 0 Å². The molecular formula is C21H24F7N3O3. The van der Waals surface area contributed by atoms with Crippen LogP contribution in [0.3, 0.4) is 0 Å². The van der Waals surface area contributed by atoms with E-state index in [2.05, 4.69) is 9.64 Å². The zero-order valence-corrected chi connectivity index (χ0v) is 18.0. The number of anilines is 1. The van der Waals surface area contributed by atoms with Gasteiger partial charge in [0.25, 0.3) is 6.10 Å². The van der Waals surface area contributed by atoms with Crippen molar-refractivity contribution < 1.29 is 45.0 Å². The number of amides is 1. The van der Waals surface area contributed by atoms with Crippen molar-refractivity contribution in [3.63, 3.8) is 0 Å². The number of piperazine rings is 1. The Morgan fingerprint density at radius 3 is 2.12 bits per heavy atom. The number of carbonyl (C=O) groups is 1. The number of hydrogen-bond acceptors (Lipinski definition) is 5. The van der Waals surface area contributed by atoms with Crippen molar-refractivity contribution in [1.29, 1.82) is 0 Å². The van der Waals surface area contributed by atoms with Crippen LogP contribution in [0.25, 0.3) is 0 Å². The Kier molecular flexibility index (Phi) is 6.87. The van der Waals surface area contributed by atoms with Crippen molar-refractivity contribution in [1.82, 2.24) is 9.80 Å². The van der Waals surface area contributed by atoms with E-state index in [0.29, 0.717) is 18.7 Å². The van der Waals surface area contributed by atoms with E-state index in [1.54, 1.807) is 11.0 Å². The zero-order valence-electron chi connectivity index (χ0n) is 18.0. The first-order valence-electron chi connectivity index (χ1n) is 10.9. The van der Waals surface area contributed by atoms with E-state index in [-0.39, 0.29) is 44.9 Å². The van der Waals surface area contributed by atoms with Crippen LogP contribution >= 0.6 is 0 Å². The summed E-state index contributed by atoms with van der Waals surface area (Å²) in [5, 5.41) is 0. The molecule has 4 rings (SSSR count). The quantitative estimate of drug-likeness (QED) is 0.588. The van der Waals surface area contributed by atoms with Gasteiger partial charge in [-0.05, 0) is 25.0 Å². The largest absolute Gasteiger partial charge is 0.434 e. The Balaban J connectivity index is 1.29. The van der Waals surface area contributed by atoms with Crippen LogP contribution < -0.4 is 4.90 Å². The summed E-state index contributed by atoms with van der Waals surface area (Å²) in [4.78, 5) is 16.5. The maximum absolute atomic E-state index is 14.8. The minimum atomic E-state index is -5.76. The lowest BCUT2D eigenvalue weighted by molar-refractivity contribution is -0.308. The molecule has 0 N–H and O–H groups in total. The first-order valence-corrected chi connectivity index (χ1v) is 10.9. The monoisotopic (exact) mass is 499 g/mol. The highest BCUT2D eigenvalue weighted by molar-refractivity contribution is 5.68. The highest BCUT2D eigenvalue weighted by atomic mass is 19.4. The second-order valence-electron chi connectivity index (χ2n) is 8.75. The van der Waals surface area contributed by atoms with Gasteiger partial charge >= 0.3 is 18.4 Å². The molecular weight excluding hydrogens is 475 g/mol. The number of benzene rings is 1. The number of rotatable bonds is 4. The smallest absolute Gasteiger partial charge is 0.426 e. The summed E-state index contributed by atoms with van der Waals surface area (Å²) in [6, 6.07) is 4.95. The molecule has 0 saturated carbocycles. The first kappa shape index (κ1) is 24.8. The van der Waals surface area contributed by atoms with Crippen molar-refractivity contribution in [3.05, 3.63) is 29.6 Å². The standard InChI is InChI=1S/C21H24F7N3O3/c22-17-9-14(31-11-15-3-4-16(12-31)33-15)2-1-13(17)10-29-5-7-30(8-6-29)19(32)34-18(20(23,24)25)21(26,27)28/h1-2,9,15-16,18H,3-8,10-12H2. The number of nitrogens with zero attached hydrogens (tertiary/aromatic N) is 3. The van der Waals surface area contributed by atoms with E-state index < -0.39 is 30.4 Å². The van der Waals surface area contributed by atoms with Gasteiger partial charge in [-0.3, -0.25) is 4.90 Å².